The number of imidazole rings is 1. The summed E-state index contributed by atoms with van der Waals surface area (Å²) in [5.41, 5.74) is 2.73. The van der Waals surface area contributed by atoms with E-state index in [2.05, 4.69) is 79.5 Å². The molecule has 1 N–H and O–H groups in total. The van der Waals surface area contributed by atoms with Crippen LogP contribution in [0.3, 0.4) is 0 Å². The Morgan fingerprint density at radius 2 is 2.04 bits per heavy atom. The molecule has 0 amide bonds. The molecule has 0 fully saturated rings. The Hall–Kier alpha value is -1.41. The summed E-state index contributed by atoms with van der Waals surface area (Å²) in [6, 6.07) is 8.70. The van der Waals surface area contributed by atoms with Crippen LogP contribution in [0.15, 0.2) is 30.6 Å². The molecular formula is C17H19ClIN5. The smallest absolute Gasteiger partial charge is 0.226 e. The van der Waals surface area contributed by atoms with Crippen LogP contribution in [0.5, 0.6) is 0 Å². The number of nitrogens with one attached hydrogen (secondary N) is 1. The minimum atomic E-state index is 0.236. The van der Waals surface area contributed by atoms with Crippen molar-refractivity contribution < 1.29 is 0 Å². The number of hydrogen-bond donors (Lipinski definition) is 1. The number of halogens is 2. The quantitative estimate of drug-likeness (QED) is 0.417. The monoisotopic (exact) mass is 455 g/mol. The molecule has 0 aliphatic carbocycles. The van der Waals surface area contributed by atoms with Crippen molar-refractivity contribution in [2.75, 3.05) is 5.32 Å². The maximum absolute atomic E-state index is 6.15. The number of fused-ring (bicyclic) bond motifs is 1. The first-order chi connectivity index (χ1) is 11.6. The normalized spacial score (nSPS) is 11.4. The summed E-state index contributed by atoms with van der Waals surface area (Å²) in [4.78, 5) is 13.2. The topological polar surface area (TPSA) is 55.6 Å². The molecule has 5 nitrogen and oxygen atoms in total. The summed E-state index contributed by atoms with van der Waals surface area (Å²) >= 11 is 8.45. The first-order valence-electron chi connectivity index (χ1n) is 8.00. The van der Waals surface area contributed by atoms with Crippen LogP contribution < -0.4 is 5.32 Å². The Balaban J connectivity index is 1.93. The molecule has 2 aromatic heterocycles. The van der Waals surface area contributed by atoms with E-state index >= 15 is 0 Å². The molecule has 0 radical (unpaired) electrons. The van der Waals surface area contributed by atoms with Gasteiger partial charge in [-0.05, 0) is 64.7 Å². The Bertz CT molecular complexity index is 844. The van der Waals surface area contributed by atoms with Gasteiger partial charge in [-0.1, -0.05) is 26.0 Å². The third-order valence-corrected chi connectivity index (χ3v) is 4.92. The van der Waals surface area contributed by atoms with E-state index in [9.17, 15) is 0 Å². The van der Waals surface area contributed by atoms with Gasteiger partial charge in [0.2, 0.25) is 5.28 Å². The van der Waals surface area contributed by atoms with E-state index in [0.29, 0.717) is 18.4 Å². The highest BCUT2D eigenvalue weighted by Gasteiger charge is 2.16. The number of hydrogen-bond acceptors (Lipinski definition) is 4. The third-order valence-electron chi connectivity index (χ3n) is 4.08. The SMILES string of the molecule is CCC(CC)n1cnc2c(NCc3cccc(I)c3)nc(Cl)nc21. The summed E-state index contributed by atoms with van der Waals surface area (Å²) < 4.78 is 3.30. The molecule has 0 spiro atoms. The van der Waals surface area contributed by atoms with Crippen molar-refractivity contribution in [1.29, 1.82) is 0 Å². The van der Waals surface area contributed by atoms with Crippen LogP contribution in [0.1, 0.15) is 38.3 Å². The van der Waals surface area contributed by atoms with Crippen LogP contribution in [0.4, 0.5) is 5.82 Å². The highest BCUT2D eigenvalue weighted by atomic mass is 127. The molecule has 1 aromatic carbocycles. The van der Waals surface area contributed by atoms with Crippen molar-refractivity contribution in [2.24, 2.45) is 0 Å². The zero-order chi connectivity index (χ0) is 17.1. The van der Waals surface area contributed by atoms with E-state index in [1.807, 2.05) is 12.4 Å². The average Bonchev–Trinajstić information content (AvgIpc) is 2.98. The molecule has 2 heterocycles. The van der Waals surface area contributed by atoms with Crippen molar-refractivity contribution in [3.63, 3.8) is 0 Å². The standard InChI is InChI=1S/C17H19ClIN5/c1-3-13(4-2)24-10-21-14-15(22-17(18)23-16(14)24)20-9-11-6-5-7-12(19)8-11/h5-8,10,13H,3-4,9H2,1-2H3,(H,20,22,23). The van der Waals surface area contributed by atoms with Gasteiger partial charge in [-0.2, -0.15) is 9.97 Å². The van der Waals surface area contributed by atoms with E-state index in [4.69, 9.17) is 11.6 Å². The second kappa shape index (κ2) is 7.65. The lowest BCUT2D eigenvalue weighted by atomic mass is 10.2. The fourth-order valence-corrected chi connectivity index (χ4v) is 3.57. The molecule has 0 bridgehead atoms. The van der Waals surface area contributed by atoms with E-state index in [0.717, 1.165) is 24.0 Å². The summed E-state index contributed by atoms with van der Waals surface area (Å²) in [6.07, 6.45) is 3.88. The van der Waals surface area contributed by atoms with Gasteiger partial charge in [-0.15, -0.1) is 0 Å². The summed E-state index contributed by atoms with van der Waals surface area (Å²) in [5, 5.41) is 3.58. The summed E-state index contributed by atoms with van der Waals surface area (Å²) in [6.45, 7) is 5.00. The van der Waals surface area contributed by atoms with Gasteiger partial charge in [0.25, 0.3) is 0 Å². The van der Waals surface area contributed by atoms with Crippen LogP contribution in [0.2, 0.25) is 5.28 Å². The van der Waals surface area contributed by atoms with Crippen LogP contribution in [-0.2, 0) is 6.54 Å². The minimum absolute atomic E-state index is 0.236. The molecule has 3 rings (SSSR count). The van der Waals surface area contributed by atoms with Gasteiger partial charge in [0.15, 0.2) is 17.0 Å². The number of anilines is 1. The van der Waals surface area contributed by atoms with E-state index in [1.165, 1.54) is 9.13 Å². The average molecular weight is 456 g/mol. The lowest BCUT2D eigenvalue weighted by Crippen LogP contribution is -2.08. The maximum atomic E-state index is 6.15. The largest absolute Gasteiger partial charge is 0.364 e. The molecule has 0 saturated carbocycles. The van der Waals surface area contributed by atoms with Crippen molar-refractivity contribution in [2.45, 2.75) is 39.3 Å². The fraction of sp³-hybridized carbons (Fsp3) is 0.353. The minimum Gasteiger partial charge on any atom is -0.364 e. The Morgan fingerprint density at radius 1 is 1.25 bits per heavy atom. The Morgan fingerprint density at radius 3 is 2.75 bits per heavy atom. The molecule has 3 aromatic rings. The molecule has 7 heteroatoms. The molecule has 126 valence electrons. The van der Waals surface area contributed by atoms with Crippen LogP contribution in [0.25, 0.3) is 11.2 Å². The third kappa shape index (κ3) is 3.64. The fourth-order valence-electron chi connectivity index (χ4n) is 2.80. The summed E-state index contributed by atoms with van der Waals surface area (Å²) in [5.74, 6) is 0.675. The van der Waals surface area contributed by atoms with Crippen molar-refractivity contribution in [1.82, 2.24) is 19.5 Å². The van der Waals surface area contributed by atoms with Crippen molar-refractivity contribution in [3.8, 4) is 0 Å². The predicted molar refractivity (Wildman–Crippen MR) is 106 cm³/mol. The highest BCUT2D eigenvalue weighted by molar-refractivity contribution is 14.1. The van der Waals surface area contributed by atoms with Gasteiger partial charge >= 0.3 is 0 Å². The lowest BCUT2D eigenvalue weighted by Gasteiger charge is -2.15. The zero-order valence-electron chi connectivity index (χ0n) is 13.6. The van der Waals surface area contributed by atoms with E-state index in [-0.39, 0.29) is 5.28 Å². The van der Waals surface area contributed by atoms with E-state index < -0.39 is 0 Å². The van der Waals surface area contributed by atoms with Gasteiger partial charge in [0.05, 0.1) is 6.33 Å². The van der Waals surface area contributed by atoms with Gasteiger partial charge in [0.1, 0.15) is 0 Å². The molecule has 0 unspecified atom stereocenters. The van der Waals surface area contributed by atoms with Crippen molar-refractivity contribution in [3.05, 3.63) is 45.0 Å². The van der Waals surface area contributed by atoms with Crippen LogP contribution in [0, 0.1) is 3.57 Å². The van der Waals surface area contributed by atoms with Crippen LogP contribution >= 0.6 is 34.2 Å². The number of benzene rings is 1. The van der Waals surface area contributed by atoms with Gasteiger partial charge < -0.3 is 9.88 Å². The molecule has 0 aliphatic heterocycles. The molecule has 0 aliphatic rings. The molecule has 24 heavy (non-hydrogen) atoms. The van der Waals surface area contributed by atoms with Gasteiger partial charge in [-0.25, -0.2) is 4.98 Å². The summed E-state index contributed by atoms with van der Waals surface area (Å²) in [7, 11) is 0. The first-order valence-corrected chi connectivity index (χ1v) is 9.46. The first kappa shape index (κ1) is 17.4. The van der Waals surface area contributed by atoms with Crippen molar-refractivity contribution >= 4 is 51.2 Å². The van der Waals surface area contributed by atoms with Gasteiger partial charge in [0, 0.05) is 16.2 Å². The molecule has 0 saturated heterocycles. The maximum Gasteiger partial charge on any atom is 0.226 e. The lowest BCUT2D eigenvalue weighted by molar-refractivity contribution is 0.480. The van der Waals surface area contributed by atoms with Crippen LogP contribution in [-0.4, -0.2) is 19.5 Å². The number of nitrogens with zero attached hydrogens (tertiary/aromatic N) is 4. The second-order valence-corrected chi connectivity index (χ2v) is 7.20. The Kier molecular flexibility index (Phi) is 5.55. The number of aromatic nitrogens is 4. The predicted octanol–water partition coefficient (Wildman–Crippen LogP) is 5.06. The second-order valence-electron chi connectivity index (χ2n) is 5.62. The molecule has 0 atom stereocenters. The van der Waals surface area contributed by atoms with E-state index in [1.54, 1.807) is 0 Å². The number of rotatable bonds is 6. The highest BCUT2D eigenvalue weighted by Crippen LogP contribution is 2.26. The Labute approximate surface area is 160 Å². The van der Waals surface area contributed by atoms with Gasteiger partial charge in [-0.3, -0.25) is 0 Å². The molecular weight excluding hydrogens is 437 g/mol. The zero-order valence-corrected chi connectivity index (χ0v) is 16.5.